The number of piperidine rings is 1. The molecule has 2 N–H and O–H groups in total. The van der Waals surface area contributed by atoms with E-state index in [2.05, 4.69) is 10.6 Å². The van der Waals surface area contributed by atoms with Gasteiger partial charge in [0.1, 0.15) is 6.04 Å². The van der Waals surface area contributed by atoms with Gasteiger partial charge < -0.3 is 10.6 Å². The fourth-order valence-corrected chi connectivity index (χ4v) is 4.16. The van der Waals surface area contributed by atoms with Gasteiger partial charge in [-0.3, -0.25) is 24.2 Å². The number of benzene rings is 1. The maximum absolute atomic E-state index is 13.8. The second kappa shape index (κ2) is 8.49. The number of para-hydroxylation sites is 2. The lowest BCUT2D eigenvalue weighted by atomic mass is 9.96. The van der Waals surface area contributed by atoms with Gasteiger partial charge in [-0.15, -0.1) is 0 Å². The minimum absolute atomic E-state index is 0.0247. The number of carbonyl (C=O) groups excluding carboxylic acids is 3. The molecule has 168 valence electrons. The fourth-order valence-electron chi connectivity index (χ4n) is 4.16. The van der Waals surface area contributed by atoms with Crippen molar-refractivity contribution in [2.45, 2.75) is 50.4 Å². The summed E-state index contributed by atoms with van der Waals surface area (Å²) in [5, 5.41) is 5.44. The van der Waals surface area contributed by atoms with E-state index in [1.807, 2.05) is 0 Å². The molecule has 2 aliphatic heterocycles. The van der Waals surface area contributed by atoms with Gasteiger partial charge in [0.25, 0.3) is 0 Å². The Morgan fingerprint density at radius 1 is 1.10 bits per heavy atom. The van der Waals surface area contributed by atoms with Crippen molar-refractivity contribution < 1.29 is 27.6 Å². The molecule has 1 aliphatic carbocycles. The summed E-state index contributed by atoms with van der Waals surface area (Å²) in [6, 6.07) is 4.07. The van der Waals surface area contributed by atoms with Crippen LogP contribution in [-0.4, -0.2) is 60.5 Å². The molecule has 0 aromatic heterocycles. The summed E-state index contributed by atoms with van der Waals surface area (Å²) < 4.78 is 41.4. The first-order chi connectivity index (χ1) is 14.7. The molecule has 10 heteroatoms. The summed E-state index contributed by atoms with van der Waals surface area (Å²) in [5.74, 6) is -1.60. The standard InChI is InChI=1S/C21H25F3N4O3/c22-21(23,24)17-11-18(29)26-15-3-1-2-4-16(15)28(17)19(30)12-27-9-7-13(8-10-27)20(31)25-14-5-6-14/h1-4,13-14,17H,5-12H2,(H,25,31)(H,26,29). The van der Waals surface area contributed by atoms with E-state index < -0.39 is 30.5 Å². The molecule has 3 amide bonds. The molecule has 2 heterocycles. The van der Waals surface area contributed by atoms with Crippen molar-refractivity contribution in [3.63, 3.8) is 0 Å². The normalized spacial score (nSPS) is 23.0. The monoisotopic (exact) mass is 438 g/mol. The van der Waals surface area contributed by atoms with E-state index in [1.165, 1.54) is 18.2 Å². The van der Waals surface area contributed by atoms with Gasteiger partial charge in [-0.2, -0.15) is 13.2 Å². The molecule has 1 aromatic carbocycles. The van der Waals surface area contributed by atoms with Crippen molar-refractivity contribution in [1.82, 2.24) is 10.2 Å². The van der Waals surface area contributed by atoms with Gasteiger partial charge in [-0.25, -0.2) is 0 Å². The summed E-state index contributed by atoms with van der Waals surface area (Å²) in [6.07, 6.45) is -2.47. The number of halogens is 3. The molecule has 1 saturated carbocycles. The van der Waals surface area contributed by atoms with Crippen LogP contribution < -0.4 is 15.5 Å². The zero-order valence-corrected chi connectivity index (χ0v) is 17.0. The molecule has 1 saturated heterocycles. The minimum Gasteiger partial charge on any atom is -0.353 e. The predicted molar refractivity (Wildman–Crippen MR) is 107 cm³/mol. The lowest BCUT2D eigenvalue weighted by Crippen LogP contribution is -2.53. The van der Waals surface area contributed by atoms with Gasteiger partial charge in [0.2, 0.25) is 17.7 Å². The maximum atomic E-state index is 13.8. The number of nitrogens with one attached hydrogen (secondary N) is 2. The molecule has 7 nitrogen and oxygen atoms in total. The fraction of sp³-hybridized carbons (Fsp3) is 0.571. The van der Waals surface area contributed by atoms with Crippen LogP contribution >= 0.6 is 0 Å². The van der Waals surface area contributed by atoms with Crippen LogP contribution in [0.1, 0.15) is 32.1 Å². The van der Waals surface area contributed by atoms with Crippen LogP contribution in [0.2, 0.25) is 0 Å². The number of hydrogen-bond donors (Lipinski definition) is 2. The van der Waals surface area contributed by atoms with E-state index in [-0.39, 0.29) is 35.8 Å². The number of alkyl halides is 3. The van der Waals surface area contributed by atoms with Crippen LogP contribution in [0.25, 0.3) is 0 Å². The maximum Gasteiger partial charge on any atom is 0.409 e. The van der Waals surface area contributed by atoms with E-state index in [1.54, 1.807) is 11.0 Å². The van der Waals surface area contributed by atoms with Crippen LogP contribution in [0, 0.1) is 5.92 Å². The first-order valence-corrected chi connectivity index (χ1v) is 10.5. The zero-order valence-electron chi connectivity index (χ0n) is 17.0. The molecule has 1 atom stereocenters. The first-order valence-electron chi connectivity index (χ1n) is 10.5. The average Bonchev–Trinajstić information content (AvgIpc) is 3.53. The number of likely N-dealkylation sites (tertiary alicyclic amines) is 1. The first kappa shape index (κ1) is 21.6. The van der Waals surface area contributed by atoms with Gasteiger partial charge in [0.05, 0.1) is 24.3 Å². The Morgan fingerprint density at radius 2 is 1.77 bits per heavy atom. The molecule has 0 spiro atoms. The third-order valence-corrected chi connectivity index (χ3v) is 6.02. The summed E-state index contributed by atoms with van der Waals surface area (Å²) in [5.41, 5.74) is 0.224. The Morgan fingerprint density at radius 3 is 2.42 bits per heavy atom. The summed E-state index contributed by atoms with van der Waals surface area (Å²) in [4.78, 5) is 39.8. The lowest BCUT2D eigenvalue weighted by Gasteiger charge is -2.35. The molecule has 31 heavy (non-hydrogen) atoms. The molecule has 1 aromatic rings. The van der Waals surface area contributed by atoms with Crippen LogP contribution in [0.3, 0.4) is 0 Å². The molecule has 0 radical (unpaired) electrons. The van der Waals surface area contributed by atoms with E-state index in [0.29, 0.717) is 30.8 Å². The van der Waals surface area contributed by atoms with Gasteiger partial charge in [0, 0.05) is 12.0 Å². The van der Waals surface area contributed by atoms with Crippen LogP contribution in [0.15, 0.2) is 24.3 Å². The molecule has 0 bridgehead atoms. The second-order valence-corrected chi connectivity index (χ2v) is 8.42. The number of nitrogens with zero attached hydrogens (tertiary/aromatic N) is 2. The highest BCUT2D eigenvalue weighted by atomic mass is 19.4. The van der Waals surface area contributed by atoms with Crippen LogP contribution in [0.5, 0.6) is 0 Å². The third kappa shape index (κ3) is 5.00. The van der Waals surface area contributed by atoms with Crippen molar-refractivity contribution in [2.75, 3.05) is 29.9 Å². The average molecular weight is 438 g/mol. The number of fused-ring (bicyclic) bond motifs is 1. The van der Waals surface area contributed by atoms with Gasteiger partial charge in [-0.05, 0) is 50.9 Å². The molecular formula is C21H25F3N4O3. The van der Waals surface area contributed by atoms with Crippen molar-refractivity contribution in [1.29, 1.82) is 0 Å². The zero-order chi connectivity index (χ0) is 22.2. The van der Waals surface area contributed by atoms with Crippen molar-refractivity contribution in [2.24, 2.45) is 5.92 Å². The SMILES string of the molecule is O=C1CC(C(F)(F)F)N(C(=O)CN2CCC(C(=O)NC3CC3)CC2)c2ccccc2N1. The highest BCUT2D eigenvalue weighted by Gasteiger charge is 2.49. The van der Waals surface area contributed by atoms with Crippen molar-refractivity contribution in [3.05, 3.63) is 24.3 Å². The van der Waals surface area contributed by atoms with Crippen LogP contribution in [0.4, 0.5) is 24.5 Å². The van der Waals surface area contributed by atoms with Crippen molar-refractivity contribution >= 4 is 29.1 Å². The van der Waals surface area contributed by atoms with Crippen molar-refractivity contribution in [3.8, 4) is 0 Å². The van der Waals surface area contributed by atoms with E-state index >= 15 is 0 Å². The summed E-state index contributed by atoms with van der Waals surface area (Å²) in [7, 11) is 0. The third-order valence-electron chi connectivity index (χ3n) is 6.02. The summed E-state index contributed by atoms with van der Waals surface area (Å²) in [6.45, 7) is 0.710. The highest BCUT2D eigenvalue weighted by Crippen LogP contribution is 2.37. The minimum atomic E-state index is -4.75. The number of anilines is 2. The topological polar surface area (TPSA) is 81.8 Å². The smallest absolute Gasteiger partial charge is 0.353 e. The Balaban J connectivity index is 1.46. The molecular weight excluding hydrogens is 413 g/mol. The number of hydrogen-bond acceptors (Lipinski definition) is 4. The lowest BCUT2D eigenvalue weighted by molar-refractivity contribution is -0.158. The Kier molecular flexibility index (Phi) is 5.92. The largest absolute Gasteiger partial charge is 0.409 e. The molecule has 4 rings (SSSR count). The van der Waals surface area contributed by atoms with Gasteiger partial charge in [0.15, 0.2) is 0 Å². The molecule has 3 aliphatic rings. The Bertz CT molecular complexity index is 864. The molecule has 1 unspecified atom stereocenters. The number of rotatable bonds is 4. The predicted octanol–water partition coefficient (Wildman–Crippen LogP) is 2.28. The number of carbonyl (C=O) groups is 3. The van der Waals surface area contributed by atoms with E-state index in [4.69, 9.17) is 0 Å². The highest BCUT2D eigenvalue weighted by molar-refractivity contribution is 6.05. The van der Waals surface area contributed by atoms with Gasteiger partial charge in [-0.1, -0.05) is 12.1 Å². The number of amides is 3. The van der Waals surface area contributed by atoms with Crippen LogP contribution in [-0.2, 0) is 14.4 Å². The van der Waals surface area contributed by atoms with Gasteiger partial charge >= 0.3 is 6.18 Å². The molecule has 2 fully saturated rings. The quantitative estimate of drug-likeness (QED) is 0.756. The van der Waals surface area contributed by atoms with E-state index in [0.717, 1.165) is 12.8 Å². The van der Waals surface area contributed by atoms with E-state index in [9.17, 15) is 27.6 Å². The Hall–Kier alpha value is -2.62. The second-order valence-electron chi connectivity index (χ2n) is 8.42. The Labute approximate surface area is 177 Å². The summed E-state index contributed by atoms with van der Waals surface area (Å²) >= 11 is 0.